The zero-order valence-corrected chi connectivity index (χ0v) is 21.9. The molecule has 0 radical (unpaired) electrons. The maximum atomic E-state index is 13.5. The van der Waals surface area contributed by atoms with E-state index < -0.39 is 18.4 Å². The van der Waals surface area contributed by atoms with Crippen LogP contribution in [0.5, 0.6) is 11.6 Å². The Kier molecular flexibility index (Phi) is 12.5. The summed E-state index contributed by atoms with van der Waals surface area (Å²) in [5.74, 6) is 0.381. The van der Waals surface area contributed by atoms with Crippen molar-refractivity contribution in [2.75, 3.05) is 13.1 Å². The fraction of sp³-hybridized carbons (Fsp3) is 0.615. The van der Waals surface area contributed by atoms with Gasteiger partial charge in [-0.05, 0) is 69.2 Å². The smallest absolute Gasteiger partial charge is 0.245 e. The highest BCUT2D eigenvalue weighted by molar-refractivity contribution is 5.85. The van der Waals surface area contributed by atoms with Crippen molar-refractivity contribution in [1.82, 2.24) is 15.5 Å². The van der Waals surface area contributed by atoms with Crippen molar-refractivity contribution in [3.8, 4) is 22.8 Å². The van der Waals surface area contributed by atoms with E-state index in [0.29, 0.717) is 31.5 Å². The number of rotatable bonds is 9. The predicted octanol–water partition coefficient (Wildman–Crippen LogP) is 6.66. The third-order valence-corrected chi connectivity index (χ3v) is 6.71. The van der Waals surface area contributed by atoms with Crippen LogP contribution >= 0.6 is 24.8 Å². The summed E-state index contributed by atoms with van der Waals surface area (Å²) in [7, 11) is 0. The molecule has 0 bridgehead atoms. The Hall–Kier alpha value is -1.70. The summed E-state index contributed by atoms with van der Waals surface area (Å²) in [6, 6.07) is 9.95. The number of piperidine rings is 1. The first-order valence-electron chi connectivity index (χ1n) is 12.4. The van der Waals surface area contributed by atoms with Crippen molar-refractivity contribution in [1.29, 1.82) is 0 Å². The van der Waals surface area contributed by atoms with Gasteiger partial charge < -0.3 is 14.8 Å². The van der Waals surface area contributed by atoms with Crippen LogP contribution in [-0.2, 0) is 6.42 Å². The van der Waals surface area contributed by atoms with Crippen LogP contribution in [0.2, 0.25) is 0 Å². The summed E-state index contributed by atoms with van der Waals surface area (Å²) in [6.45, 7) is 3.11. The SMILES string of the molecule is CCCCc1nnc(OC2CNCCC2C(F)F)cc1-c1ccc(OC2CCCCC2)cc1.Cl.Cl. The van der Waals surface area contributed by atoms with Gasteiger partial charge in [0, 0.05) is 18.2 Å². The van der Waals surface area contributed by atoms with Gasteiger partial charge in [-0.15, -0.1) is 29.9 Å². The Labute approximate surface area is 219 Å². The van der Waals surface area contributed by atoms with E-state index in [1.807, 2.05) is 30.3 Å². The van der Waals surface area contributed by atoms with E-state index in [0.717, 1.165) is 54.7 Å². The number of aryl methyl sites for hydroxylation is 1. The number of hydrogen-bond donors (Lipinski definition) is 1. The second-order valence-corrected chi connectivity index (χ2v) is 9.20. The Morgan fingerprint density at radius 1 is 1.00 bits per heavy atom. The number of unbranched alkanes of at least 4 members (excludes halogenated alkanes) is 1. The number of aromatic nitrogens is 2. The van der Waals surface area contributed by atoms with E-state index in [1.54, 1.807) is 0 Å². The van der Waals surface area contributed by atoms with E-state index in [2.05, 4.69) is 22.4 Å². The monoisotopic (exact) mass is 531 g/mol. The first-order valence-corrected chi connectivity index (χ1v) is 12.4. The van der Waals surface area contributed by atoms with Crippen LogP contribution in [0.3, 0.4) is 0 Å². The van der Waals surface area contributed by atoms with Crippen LogP contribution in [-0.4, -0.2) is 41.9 Å². The van der Waals surface area contributed by atoms with E-state index in [-0.39, 0.29) is 24.8 Å². The molecule has 2 aromatic rings. The molecule has 1 aromatic heterocycles. The molecule has 1 saturated heterocycles. The summed E-state index contributed by atoms with van der Waals surface area (Å²) in [4.78, 5) is 0. The first kappa shape index (κ1) is 29.5. The largest absolute Gasteiger partial charge is 0.490 e. The van der Waals surface area contributed by atoms with Crippen molar-refractivity contribution in [3.05, 3.63) is 36.0 Å². The lowest BCUT2D eigenvalue weighted by Crippen LogP contribution is -2.46. The molecule has 2 atom stereocenters. The maximum Gasteiger partial charge on any atom is 0.245 e. The van der Waals surface area contributed by atoms with Crippen molar-refractivity contribution < 1.29 is 18.3 Å². The fourth-order valence-corrected chi connectivity index (χ4v) is 4.75. The van der Waals surface area contributed by atoms with Gasteiger partial charge in [0.15, 0.2) is 0 Å². The second kappa shape index (κ2) is 14.8. The van der Waals surface area contributed by atoms with E-state index >= 15 is 0 Å². The molecule has 2 aliphatic rings. The van der Waals surface area contributed by atoms with Crippen LogP contribution < -0.4 is 14.8 Å². The number of halogens is 4. The molecule has 5 nitrogen and oxygen atoms in total. The van der Waals surface area contributed by atoms with Gasteiger partial charge >= 0.3 is 0 Å². The molecule has 4 rings (SSSR count). The minimum Gasteiger partial charge on any atom is -0.490 e. The molecule has 2 fully saturated rings. The Morgan fingerprint density at radius 2 is 1.74 bits per heavy atom. The lowest BCUT2D eigenvalue weighted by atomic mass is 9.95. The molecule has 1 saturated carbocycles. The van der Waals surface area contributed by atoms with Crippen LogP contribution in [0.15, 0.2) is 30.3 Å². The summed E-state index contributed by atoms with van der Waals surface area (Å²) in [6.07, 6.45) is 6.54. The number of ether oxygens (including phenoxy) is 2. The third kappa shape index (κ3) is 8.16. The van der Waals surface area contributed by atoms with Gasteiger partial charge in [0.25, 0.3) is 0 Å². The molecule has 0 spiro atoms. The summed E-state index contributed by atoms with van der Waals surface area (Å²) < 4.78 is 39.0. The maximum absolute atomic E-state index is 13.5. The summed E-state index contributed by atoms with van der Waals surface area (Å²) in [5.41, 5.74) is 2.84. The number of nitrogens with zero attached hydrogens (tertiary/aromatic N) is 2. The zero-order valence-electron chi connectivity index (χ0n) is 20.3. The van der Waals surface area contributed by atoms with Crippen molar-refractivity contribution in [3.63, 3.8) is 0 Å². The average Bonchev–Trinajstić information content (AvgIpc) is 2.84. The zero-order chi connectivity index (χ0) is 23.0. The van der Waals surface area contributed by atoms with Gasteiger partial charge in [-0.2, -0.15) is 5.10 Å². The molecule has 9 heteroatoms. The first-order chi connectivity index (χ1) is 16.1. The molecular formula is C26H37Cl2F2N3O2. The highest BCUT2D eigenvalue weighted by Gasteiger charge is 2.34. The van der Waals surface area contributed by atoms with Crippen molar-refractivity contribution in [2.24, 2.45) is 5.92 Å². The molecule has 1 aromatic carbocycles. The highest BCUT2D eigenvalue weighted by Crippen LogP contribution is 2.31. The fourth-order valence-electron chi connectivity index (χ4n) is 4.75. The minimum absolute atomic E-state index is 0. The van der Waals surface area contributed by atoms with Crippen LogP contribution in [0, 0.1) is 5.92 Å². The van der Waals surface area contributed by atoms with Gasteiger partial charge in [-0.25, -0.2) is 8.78 Å². The van der Waals surface area contributed by atoms with Crippen LogP contribution in [0.1, 0.15) is 64.0 Å². The van der Waals surface area contributed by atoms with E-state index in [1.165, 1.54) is 19.3 Å². The Morgan fingerprint density at radius 3 is 2.43 bits per heavy atom. The summed E-state index contributed by atoms with van der Waals surface area (Å²) >= 11 is 0. The van der Waals surface area contributed by atoms with Gasteiger partial charge in [0.2, 0.25) is 12.3 Å². The van der Waals surface area contributed by atoms with Gasteiger partial charge in [0.05, 0.1) is 17.7 Å². The molecule has 0 amide bonds. The average molecular weight is 533 g/mol. The number of benzene rings is 1. The van der Waals surface area contributed by atoms with Gasteiger partial charge in [-0.3, -0.25) is 0 Å². The van der Waals surface area contributed by atoms with E-state index in [4.69, 9.17) is 9.47 Å². The van der Waals surface area contributed by atoms with Crippen molar-refractivity contribution in [2.45, 2.75) is 83.3 Å². The standard InChI is InChI=1S/C26H35F2N3O2.2ClH/c1-2-3-9-23-22(18-10-12-20(13-11-18)32-19-7-5-4-6-8-19)16-25(31-30-23)33-24-17-29-15-14-21(24)26(27)28;;/h10-13,16,19,21,24,26,29H,2-9,14-15,17H2,1H3;2*1H. The van der Waals surface area contributed by atoms with Crippen molar-refractivity contribution >= 4 is 24.8 Å². The predicted molar refractivity (Wildman–Crippen MR) is 139 cm³/mol. The topological polar surface area (TPSA) is 56.3 Å². The van der Waals surface area contributed by atoms with Crippen LogP contribution in [0.25, 0.3) is 11.1 Å². The highest BCUT2D eigenvalue weighted by atomic mass is 35.5. The van der Waals surface area contributed by atoms with Gasteiger partial charge in [0.1, 0.15) is 11.9 Å². The third-order valence-electron chi connectivity index (χ3n) is 6.71. The minimum atomic E-state index is -2.41. The Bertz CT molecular complexity index is 883. The second-order valence-electron chi connectivity index (χ2n) is 9.20. The molecule has 1 N–H and O–H groups in total. The number of hydrogen-bond acceptors (Lipinski definition) is 5. The lowest BCUT2D eigenvalue weighted by molar-refractivity contribution is -0.0135. The molecule has 196 valence electrons. The lowest BCUT2D eigenvalue weighted by Gasteiger charge is -2.31. The van der Waals surface area contributed by atoms with Gasteiger partial charge in [-0.1, -0.05) is 31.9 Å². The number of nitrogens with one attached hydrogen (secondary N) is 1. The molecule has 1 aliphatic heterocycles. The van der Waals surface area contributed by atoms with Crippen LogP contribution in [0.4, 0.5) is 8.78 Å². The normalized spacial score (nSPS) is 20.6. The molecule has 1 aliphatic carbocycles. The summed E-state index contributed by atoms with van der Waals surface area (Å²) in [5, 5.41) is 11.8. The Balaban J connectivity index is 0.00000216. The quantitative estimate of drug-likeness (QED) is 0.391. The molecule has 2 unspecified atom stereocenters. The molecule has 2 heterocycles. The molecule has 35 heavy (non-hydrogen) atoms. The number of alkyl halides is 2. The molecular weight excluding hydrogens is 495 g/mol. The van der Waals surface area contributed by atoms with E-state index in [9.17, 15) is 8.78 Å².